The number of anilines is 1. The molecule has 1 aliphatic carbocycles. The molecular weight excluding hydrogens is 232 g/mol. The summed E-state index contributed by atoms with van der Waals surface area (Å²) in [6.45, 7) is 3.82. The van der Waals surface area contributed by atoms with Crippen LogP contribution in [0.1, 0.15) is 44.7 Å². The van der Waals surface area contributed by atoms with Crippen LogP contribution in [0.25, 0.3) is 0 Å². The average molecular weight is 252 g/mol. The average Bonchev–Trinajstić information content (AvgIpc) is 2.85. The maximum atomic E-state index is 11.5. The minimum absolute atomic E-state index is 0.0155. The fraction of sp³-hybridized carbons (Fsp3) is 0.667. The molecule has 0 bridgehead atoms. The number of carbonyl (C=O) groups excluding carboxylic acids is 1. The Labute approximate surface area is 106 Å². The number of hydrogen-bond donors (Lipinski definition) is 3. The lowest BCUT2D eigenvalue weighted by Gasteiger charge is -2.14. The van der Waals surface area contributed by atoms with Crippen molar-refractivity contribution in [2.24, 2.45) is 0 Å². The molecule has 1 fully saturated rings. The van der Waals surface area contributed by atoms with E-state index < -0.39 is 0 Å². The summed E-state index contributed by atoms with van der Waals surface area (Å²) in [4.78, 5) is 11.5. The maximum Gasteiger partial charge on any atom is 0.407 e. The van der Waals surface area contributed by atoms with Gasteiger partial charge in [0.15, 0.2) is 0 Å². The van der Waals surface area contributed by atoms with Gasteiger partial charge in [-0.25, -0.2) is 4.79 Å². The van der Waals surface area contributed by atoms with Crippen LogP contribution in [-0.2, 0) is 4.74 Å². The van der Waals surface area contributed by atoms with E-state index in [1.54, 1.807) is 0 Å². The highest BCUT2D eigenvalue weighted by Crippen LogP contribution is 2.35. The first-order chi connectivity index (χ1) is 8.54. The standard InChI is InChI=1S/C12H20N4O2/c1-7(2)14-12(17)18-9-4-3-8(5-9)10-6-11(13)16-15-10/h6-9H,3-5H2,1-2H3,(H,14,17)(H3,13,15,16). The smallest absolute Gasteiger partial charge is 0.407 e. The van der Waals surface area contributed by atoms with Crippen molar-refractivity contribution in [3.63, 3.8) is 0 Å². The second kappa shape index (κ2) is 5.29. The summed E-state index contributed by atoms with van der Waals surface area (Å²) in [5.74, 6) is 0.860. The van der Waals surface area contributed by atoms with Gasteiger partial charge in [0.2, 0.25) is 0 Å². The third-order valence-electron chi connectivity index (χ3n) is 3.12. The van der Waals surface area contributed by atoms with Crippen LogP contribution in [0.15, 0.2) is 6.07 Å². The number of nitrogen functional groups attached to an aromatic ring is 1. The van der Waals surface area contributed by atoms with E-state index in [0.29, 0.717) is 11.7 Å². The highest BCUT2D eigenvalue weighted by molar-refractivity contribution is 5.67. The molecule has 6 heteroatoms. The zero-order valence-electron chi connectivity index (χ0n) is 10.8. The number of aromatic amines is 1. The van der Waals surface area contributed by atoms with Gasteiger partial charge in [-0.1, -0.05) is 0 Å². The molecule has 0 saturated heterocycles. The molecule has 2 rings (SSSR count). The van der Waals surface area contributed by atoms with Gasteiger partial charge in [0, 0.05) is 23.7 Å². The van der Waals surface area contributed by atoms with E-state index in [9.17, 15) is 4.79 Å². The van der Waals surface area contributed by atoms with Gasteiger partial charge in [0.25, 0.3) is 0 Å². The first kappa shape index (κ1) is 12.7. The molecule has 0 aliphatic heterocycles. The summed E-state index contributed by atoms with van der Waals surface area (Å²) in [6, 6.07) is 1.95. The number of alkyl carbamates (subject to hydrolysis) is 1. The van der Waals surface area contributed by atoms with E-state index >= 15 is 0 Å². The molecule has 100 valence electrons. The van der Waals surface area contributed by atoms with Crippen LogP contribution in [0.2, 0.25) is 0 Å². The normalized spacial score (nSPS) is 23.3. The van der Waals surface area contributed by atoms with Gasteiger partial charge in [-0.3, -0.25) is 5.10 Å². The van der Waals surface area contributed by atoms with Crippen LogP contribution in [0, 0.1) is 0 Å². The number of H-pyrrole nitrogens is 1. The Morgan fingerprint density at radius 3 is 3.00 bits per heavy atom. The number of hydrogen-bond acceptors (Lipinski definition) is 4. The molecule has 2 atom stereocenters. The number of nitrogens with zero attached hydrogens (tertiary/aromatic N) is 1. The third kappa shape index (κ3) is 3.15. The van der Waals surface area contributed by atoms with Crippen LogP contribution in [0.3, 0.4) is 0 Å². The van der Waals surface area contributed by atoms with E-state index in [1.807, 2.05) is 19.9 Å². The second-order valence-corrected chi connectivity index (χ2v) is 5.08. The van der Waals surface area contributed by atoms with Crippen molar-refractivity contribution in [2.45, 2.75) is 51.2 Å². The third-order valence-corrected chi connectivity index (χ3v) is 3.12. The number of nitrogens with two attached hydrogens (primary N) is 1. The molecule has 1 heterocycles. The van der Waals surface area contributed by atoms with Gasteiger partial charge < -0.3 is 15.8 Å². The second-order valence-electron chi connectivity index (χ2n) is 5.08. The van der Waals surface area contributed by atoms with Crippen molar-refractivity contribution in [3.8, 4) is 0 Å². The molecule has 1 aromatic rings. The fourth-order valence-electron chi connectivity index (χ4n) is 2.31. The molecular formula is C12H20N4O2. The van der Waals surface area contributed by atoms with Crippen molar-refractivity contribution in [1.29, 1.82) is 0 Å². The van der Waals surface area contributed by atoms with Crippen LogP contribution in [-0.4, -0.2) is 28.4 Å². The fourth-order valence-corrected chi connectivity index (χ4v) is 2.31. The number of ether oxygens (including phenoxy) is 1. The van der Waals surface area contributed by atoms with Gasteiger partial charge >= 0.3 is 6.09 Å². The van der Waals surface area contributed by atoms with Crippen molar-refractivity contribution in [3.05, 3.63) is 11.8 Å². The van der Waals surface area contributed by atoms with Gasteiger partial charge in [0.1, 0.15) is 11.9 Å². The summed E-state index contributed by atoms with van der Waals surface area (Å²) >= 11 is 0. The lowest BCUT2D eigenvalue weighted by atomic mass is 10.0. The Hall–Kier alpha value is -1.72. The minimum atomic E-state index is -0.334. The molecule has 1 aliphatic rings. The number of aromatic nitrogens is 2. The van der Waals surface area contributed by atoms with Gasteiger partial charge in [-0.15, -0.1) is 0 Å². The molecule has 0 spiro atoms. The predicted molar refractivity (Wildman–Crippen MR) is 68.1 cm³/mol. The highest BCUT2D eigenvalue weighted by atomic mass is 16.6. The van der Waals surface area contributed by atoms with E-state index in [-0.39, 0.29) is 18.2 Å². The quantitative estimate of drug-likeness (QED) is 0.764. The van der Waals surface area contributed by atoms with Crippen molar-refractivity contribution in [2.75, 3.05) is 5.73 Å². The Morgan fingerprint density at radius 1 is 1.61 bits per heavy atom. The van der Waals surface area contributed by atoms with Crippen LogP contribution in [0.5, 0.6) is 0 Å². The number of nitrogens with one attached hydrogen (secondary N) is 2. The Kier molecular flexibility index (Phi) is 3.74. The summed E-state index contributed by atoms with van der Waals surface area (Å²) < 4.78 is 5.37. The summed E-state index contributed by atoms with van der Waals surface area (Å²) in [5, 5.41) is 9.57. The van der Waals surface area contributed by atoms with Gasteiger partial charge in [-0.05, 0) is 33.1 Å². The molecule has 1 saturated carbocycles. The SMILES string of the molecule is CC(C)NC(=O)OC1CCC(c2cc(N)n[nH]2)C1. The number of rotatable bonds is 3. The lowest BCUT2D eigenvalue weighted by Crippen LogP contribution is -2.33. The van der Waals surface area contributed by atoms with Gasteiger partial charge in [0.05, 0.1) is 0 Å². The number of carbonyl (C=O) groups is 1. The predicted octanol–water partition coefficient (Wildman–Crippen LogP) is 1.76. The Balaban J connectivity index is 1.83. The topological polar surface area (TPSA) is 93.0 Å². The first-order valence-corrected chi connectivity index (χ1v) is 6.32. The van der Waals surface area contributed by atoms with Crippen molar-refractivity contribution < 1.29 is 9.53 Å². The molecule has 1 aromatic heterocycles. The Bertz CT molecular complexity index is 416. The van der Waals surface area contributed by atoms with Crippen molar-refractivity contribution >= 4 is 11.9 Å². The van der Waals surface area contributed by atoms with Crippen LogP contribution < -0.4 is 11.1 Å². The van der Waals surface area contributed by atoms with E-state index in [4.69, 9.17) is 10.5 Å². The highest BCUT2D eigenvalue weighted by Gasteiger charge is 2.29. The molecule has 0 aromatic carbocycles. The largest absolute Gasteiger partial charge is 0.446 e. The molecule has 18 heavy (non-hydrogen) atoms. The molecule has 1 amide bonds. The van der Waals surface area contributed by atoms with Crippen molar-refractivity contribution in [1.82, 2.24) is 15.5 Å². The van der Waals surface area contributed by atoms with Crippen LogP contribution in [0.4, 0.5) is 10.6 Å². The molecule has 0 radical (unpaired) electrons. The zero-order chi connectivity index (χ0) is 13.1. The minimum Gasteiger partial charge on any atom is -0.446 e. The van der Waals surface area contributed by atoms with E-state index in [0.717, 1.165) is 25.0 Å². The monoisotopic (exact) mass is 252 g/mol. The molecule has 6 nitrogen and oxygen atoms in total. The molecule has 4 N–H and O–H groups in total. The zero-order valence-corrected chi connectivity index (χ0v) is 10.8. The maximum absolute atomic E-state index is 11.5. The van der Waals surface area contributed by atoms with E-state index in [1.165, 1.54) is 0 Å². The van der Waals surface area contributed by atoms with Gasteiger partial charge in [-0.2, -0.15) is 5.10 Å². The molecule has 2 unspecified atom stereocenters. The summed E-state index contributed by atoms with van der Waals surface area (Å²) in [5.41, 5.74) is 6.61. The number of amides is 1. The lowest BCUT2D eigenvalue weighted by molar-refractivity contribution is 0.0981. The Morgan fingerprint density at radius 2 is 2.39 bits per heavy atom. The summed E-state index contributed by atoms with van der Waals surface area (Å²) in [7, 11) is 0. The summed E-state index contributed by atoms with van der Waals surface area (Å²) in [6.07, 6.45) is 2.35. The first-order valence-electron chi connectivity index (χ1n) is 6.32. The van der Waals surface area contributed by atoms with E-state index in [2.05, 4.69) is 15.5 Å². The van der Waals surface area contributed by atoms with Crippen LogP contribution >= 0.6 is 0 Å².